The number of benzene rings is 3. The van der Waals surface area contributed by atoms with Crippen LogP contribution in [0.25, 0.3) is 0 Å². The van der Waals surface area contributed by atoms with E-state index in [1.807, 2.05) is 48.5 Å². The molecular weight excluding hydrogens is 420 g/mol. The molecule has 162 valence electrons. The van der Waals surface area contributed by atoms with E-state index in [0.29, 0.717) is 0 Å². The molecule has 0 aromatic heterocycles. The molecule has 0 saturated carbocycles. The number of imide groups is 1. The first-order chi connectivity index (χ1) is 15.9. The van der Waals surface area contributed by atoms with Gasteiger partial charge in [0, 0.05) is 18.1 Å². The van der Waals surface area contributed by atoms with Gasteiger partial charge in [-0.2, -0.15) is 0 Å². The minimum atomic E-state index is -1.28. The summed E-state index contributed by atoms with van der Waals surface area (Å²) in [5.74, 6) is -3.15. The Bertz CT molecular complexity index is 1360. The highest BCUT2D eigenvalue weighted by Gasteiger charge is 2.70. The SMILES string of the molecule is CC(=O)C12c3ccccc3C(c3ccccc31)[C@@H]1C(=O)N(c3cccc([N+](=O)[O-])c3)C(=O)[C@@H]12. The highest BCUT2D eigenvalue weighted by molar-refractivity contribution is 6.25. The quantitative estimate of drug-likeness (QED) is 0.353. The van der Waals surface area contributed by atoms with Gasteiger partial charge in [0.1, 0.15) is 5.78 Å². The molecule has 1 heterocycles. The largest absolute Gasteiger partial charge is 0.299 e. The third kappa shape index (κ3) is 2.21. The Morgan fingerprint density at radius 1 is 0.909 bits per heavy atom. The number of nitro benzene ring substituents is 1. The maximum Gasteiger partial charge on any atom is 0.271 e. The standard InChI is InChI=1S/C26H18N2O5/c1-14(29)26-19-11-4-2-9-17(19)21(18-10-3-5-12-20(18)26)22-23(26)25(31)27(24(22)30)15-7-6-8-16(13-15)28(32)33/h2-13,21-23H,1H3/t21?,22-,23+,26?/m0/s1. The molecule has 2 amide bonds. The summed E-state index contributed by atoms with van der Waals surface area (Å²) in [6.07, 6.45) is 0. The summed E-state index contributed by atoms with van der Waals surface area (Å²) in [4.78, 5) is 53.1. The summed E-state index contributed by atoms with van der Waals surface area (Å²) in [5, 5.41) is 11.3. The molecule has 0 radical (unpaired) electrons. The van der Waals surface area contributed by atoms with Crippen LogP contribution in [0, 0.1) is 22.0 Å². The predicted molar refractivity (Wildman–Crippen MR) is 119 cm³/mol. The summed E-state index contributed by atoms with van der Waals surface area (Å²) >= 11 is 0. The first-order valence-corrected chi connectivity index (χ1v) is 10.7. The van der Waals surface area contributed by atoms with Gasteiger partial charge in [-0.25, -0.2) is 4.90 Å². The average molecular weight is 438 g/mol. The van der Waals surface area contributed by atoms with Gasteiger partial charge in [0.15, 0.2) is 0 Å². The van der Waals surface area contributed by atoms with Crippen molar-refractivity contribution in [2.45, 2.75) is 18.3 Å². The van der Waals surface area contributed by atoms with Crippen LogP contribution in [0.1, 0.15) is 35.1 Å². The Kier molecular flexibility index (Phi) is 3.82. The summed E-state index contributed by atoms with van der Waals surface area (Å²) in [5.41, 5.74) is 1.96. The molecule has 1 fully saturated rings. The molecule has 1 saturated heterocycles. The summed E-state index contributed by atoms with van der Waals surface area (Å²) in [6.45, 7) is 1.48. The fraction of sp³-hybridized carbons (Fsp3) is 0.192. The first-order valence-electron chi connectivity index (χ1n) is 10.7. The number of carbonyl (C=O) groups is 3. The maximum absolute atomic E-state index is 13.9. The zero-order valence-electron chi connectivity index (χ0n) is 17.6. The van der Waals surface area contributed by atoms with E-state index in [-0.39, 0.29) is 23.1 Å². The second-order valence-corrected chi connectivity index (χ2v) is 8.81. The molecule has 7 heteroatoms. The molecule has 0 N–H and O–H groups in total. The molecule has 3 aromatic rings. The monoisotopic (exact) mass is 438 g/mol. The van der Waals surface area contributed by atoms with Gasteiger partial charge in [0.2, 0.25) is 11.8 Å². The number of amides is 2. The number of nitro groups is 1. The number of anilines is 1. The van der Waals surface area contributed by atoms with Crippen LogP contribution in [-0.4, -0.2) is 22.5 Å². The smallest absolute Gasteiger partial charge is 0.271 e. The maximum atomic E-state index is 13.9. The number of Topliss-reactive ketones (excluding diaryl/α,β-unsaturated/α-hetero) is 1. The molecule has 1 aliphatic heterocycles. The second kappa shape index (κ2) is 6.45. The molecule has 3 aliphatic carbocycles. The van der Waals surface area contributed by atoms with E-state index in [9.17, 15) is 24.5 Å². The van der Waals surface area contributed by atoms with E-state index in [1.54, 1.807) is 0 Å². The van der Waals surface area contributed by atoms with Gasteiger partial charge >= 0.3 is 0 Å². The molecule has 2 bridgehead atoms. The van der Waals surface area contributed by atoms with Crippen molar-refractivity contribution >= 4 is 29.0 Å². The fourth-order valence-corrected chi connectivity index (χ4v) is 6.37. The average Bonchev–Trinajstić information content (AvgIpc) is 3.09. The van der Waals surface area contributed by atoms with Gasteiger partial charge < -0.3 is 0 Å². The Balaban J connectivity index is 1.64. The van der Waals surface area contributed by atoms with E-state index in [0.717, 1.165) is 27.2 Å². The van der Waals surface area contributed by atoms with Crippen molar-refractivity contribution in [2.24, 2.45) is 11.8 Å². The number of rotatable bonds is 3. The van der Waals surface area contributed by atoms with Crippen LogP contribution in [0.4, 0.5) is 11.4 Å². The Morgan fingerprint density at radius 2 is 1.52 bits per heavy atom. The predicted octanol–water partition coefficient (Wildman–Crippen LogP) is 3.73. The van der Waals surface area contributed by atoms with E-state index in [4.69, 9.17) is 0 Å². The number of carbonyl (C=O) groups excluding carboxylic acids is 3. The minimum Gasteiger partial charge on any atom is -0.299 e. The zero-order chi connectivity index (χ0) is 23.1. The number of hydrogen-bond donors (Lipinski definition) is 0. The summed E-state index contributed by atoms with van der Waals surface area (Å²) in [6, 6.07) is 20.6. The minimum absolute atomic E-state index is 0.153. The van der Waals surface area contributed by atoms with Gasteiger partial charge in [-0.1, -0.05) is 54.6 Å². The molecule has 7 nitrogen and oxygen atoms in total. The van der Waals surface area contributed by atoms with Crippen molar-refractivity contribution < 1.29 is 19.3 Å². The van der Waals surface area contributed by atoms with Crippen molar-refractivity contribution in [3.05, 3.63) is 105 Å². The lowest BCUT2D eigenvalue weighted by Gasteiger charge is -2.52. The Hall–Kier alpha value is -4.13. The van der Waals surface area contributed by atoms with Gasteiger partial charge in [-0.05, 0) is 35.2 Å². The highest BCUT2D eigenvalue weighted by Crippen LogP contribution is 2.64. The molecule has 0 unspecified atom stereocenters. The van der Waals surface area contributed by atoms with Crippen LogP contribution in [0.5, 0.6) is 0 Å². The van der Waals surface area contributed by atoms with Crippen LogP contribution in [0.2, 0.25) is 0 Å². The number of hydrogen-bond acceptors (Lipinski definition) is 5. The van der Waals surface area contributed by atoms with Gasteiger partial charge in [-0.3, -0.25) is 24.5 Å². The van der Waals surface area contributed by atoms with Crippen molar-refractivity contribution in [3.8, 4) is 0 Å². The van der Waals surface area contributed by atoms with Gasteiger partial charge in [0.05, 0.1) is 27.9 Å². The topological polar surface area (TPSA) is 97.6 Å². The number of non-ortho nitro benzene ring substituents is 1. The third-order valence-corrected chi connectivity index (χ3v) is 7.47. The summed E-state index contributed by atoms with van der Waals surface area (Å²) < 4.78 is 0. The van der Waals surface area contributed by atoms with E-state index >= 15 is 0 Å². The van der Waals surface area contributed by atoms with Crippen molar-refractivity contribution in [3.63, 3.8) is 0 Å². The van der Waals surface area contributed by atoms with Gasteiger partial charge in [-0.15, -0.1) is 0 Å². The molecule has 4 aliphatic rings. The molecular formula is C26H18N2O5. The van der Waals surface area contributed by atoms with Crippen LogP contribution in [-0.2, 0) is 19.8 Å². The van der Waals surface area contributed by atoms with Crippen LogP contribution >= 0.6 is 0 Å². The Labute approximate surface area is 188 Å². The fourth-order valence-electron chi connectivity index (χ4n) is 6.37. The van der Waals surface area contributed by atoms with Crippen molar-refractivity contribution in [1.29, 1.82) is 0 Å². The van der Waals surface area contributed by atoms with Crippen LogP contribution < -0.4 is 4.90 Å². The van der Waals surface area contributed by atoms with E-state index in [1.165, 1.54) is 31.2 Å². The first kappa shape index (κ1) is 19.5. The van der Waals surface area contributed by atoms with Crippen LogP contribution in [0.3, 0.4) is 0 Å². The van der Waals surface area contributed by atoms with Gasteiger partial charge in [0.25, 0.3) is 5.69 Å². The van der Waals surface area contributed by atoms with E-state index < -0.39 is 34.0 Å². The molecule has 3 aromatic carbocycles. The number of ketones is 1. The van der Waals surface area contributed by atoms with E-state index in [2.05, 4.69) is 0 Å². The molecule has 33 heavy (non-hydrogen) atoms. The molecule has 2 atom stereocenters. The number of nitrogens with zero attached hydrogens (tertiary/aromatic N) is 2. The summed E-state index contributed by atoms with van der Waals surface area (Å²) in [7, 11) is 0. The van der Waals surface area contributed by atoms with Crippen molar-refractivity contribution in [1.82, 2.24) is 0 Å². The zero-order valence-corrected chi connectivity index (χ0v) is 17.6. The lowest BCUT2D eigenvalue weighted by atomic mass is 9.46. The van der Waals surface area contributed by atoms with Crippen LogP contribution in [0.15, 0.2) is 72.8 Å². The molecule has 0 spiro atoms. The lowest BCUT2D eigenvalue weighted by Crippen LogP contribution is -2.57. The highest BCUT2D eigenvalue weighted by atomic mass is 16.6. The normalized spacial score (nSPS) is 26.6. The van der Waals surface area contributed by atoms with Crippen molar-refractivity contribution in [2.75, 3.05) is 4.90 Å². The second-order valence-electron chi connectivity index (χ2n) is 8.81. The molecule has 7 rings (SSSR count). The Morgan fingerprint density at radius 3 is 2.09 bits per heavy atom. The lowest BCUT2D eigenvalue weighted by molar-refractivity contribution is -0.384. The third-order valence-electron chi connectivity index (χ3n) is 7.47.